The van der Waals surface area contributed by atoms with Gasteiger partial charge in [0.15, 0.2) is 6.29 Å². The van der Waals surface area contributed by atoms with Crippen molar-refractivity contribution in [1.29, 1.82) is 0 Å². The smallest absolute Gasteiger partial charge is 0.160 e. The number of halogens is 1. The van der Waals surface area contributed by atoms with E-state index in [-0.39, 0.29) is 0 Å². The molecule has 7 heteroatoms. The number of aromatic nitrogens is 1. The highest BCUT2D eigenvalue weighted by Gasteiger charge is 2.10. The molecule has 0 spiro atoms. The molecule has 1 atom stereocenters. The minimum absolute atomic E-state index is 0.394. The Hall–Kier alpha value is -1.66. The molecular weight excluding hydrogens is 380 g/mol. The van der Waals surface area contributed by atoms with Crippen molar-refractivity contribution in [1.82, 2.24) is 4.98 Å². The van der Waals surface area contributed by atoms with Crippen molar-refractivity contribution in [2.45, 2.75) is 59.4 Å². The van der Waals surface area contributed by atoms with E-state index in [0.717, 1.165) is 28.6 Å². The lowest BCUT2D eigenvalue weighted by molar-refractivity contribution is 0.112. The van der Waals surface area contributed by atoms with Gasteiger partial charge in [0.1, 0.15) is 9.98 Å². The third-order valence-electron chi connectivity index (χ3n) is 3.71. The first kappa shape index (κ1) is 25.3. The van der Waals surface area contributed by atoms with Crippen LogP contribution in [-0.4, -0.2) is 37.7 Å². The molecule has 27 heavy (non-hydrogen) atoms. The Kier molecular flexibility index (Phi) is 13.5. The van der Waals surface area contributed by atoms with Crippen LogP contribution in [0.2, 0.25) is 5.15 Å². The quantitative estimate of drug-likeness (QED) is 0.282. The average molecular weight is 413 g/mol. The van der Waals surface area contributed by atoms with Gasteiger partial charge in [0.25, 0.3) is 0 Å². The fraction of sp³-hybridized carbons (Fsp3) is 0.550. The Balaban J connectivity index is 0.000000472. The number of pyridine rings is 1. The van der Waals surface area contributed by atoms with Gasteiger partial charge in [-0.05, 0) is 25.5 Å². The molecule has 0 aliphatic carbocycles. The minimum atomic E-state index is 0.394. The van der Waals surface area contributed by atoms with Crippen molar-refractivity contribution in [3.63, 3.8) is 0 Å². The van der Waals surface area contributed by atoms with Gasteiger partial charge in [0.05, 0.1) is 11.2 Å². The summed E-state index contributed by atoms with van der Waals surface area (Å²) >= 11 is 7.25. The van der Waals surface area contributed by atoms with E-state index in [1.54, 1.807) is 6.07 Å². The molecular formula is C20H33ClN4OS. The molecule has 0 amide bonds. The van der Waals surface area contributed by atoms with Crippen LogP contribution in [0, 0.1) is 0 Å². The van der Waals surface area contributed by atoms with Crippen LogP contribution in [0.25, 0.3) is 10.2 Å². The number of nitrogens with two attached hydrogens (primary N) is 1. The van der Waals surface area contributed by atoms with Gasteiger partial charge in [-0.1, -0.05) is 51.6 Å². The number of anilines is 1. The van der Waals surface area contributed by atoms with E-state index in [9.17, 15) is 4.79 Å². The van der Waals surface area contributed by atoms with Gasteiger partial charge in [-0.15, -0.1) is 11.3 Å². The molecule has 152 valence electrons. The summed E-state index contributed by atoms with van der Waals surface area (Å²) in [5, 5.41) is 1.42. The van der Waals surface area contributed by atoms with Crippen LogP contribution < -0.4 is 10.6 Å². The highest BCUT2D eigenvalue weighted by molar-refractivity contribution is 7.20. The van der Waals surface area contributed by atoms with Crippen LogP contribution in [0.1, 0.15) is 63.0 Å². The van der Waals surface area contributed by atoms with E-state index in [1.807, 2.05) is 32.0 Å². The summed E-state index contributed by atoms with van der Waals surface area (Å²) < 4.78 is 0. The standard InChI is InChI=1S/C10H9ClN2OS.C5H12N2.C5H12/c1-13(2)8-4-9(11)12-10-7(8)3-6(5-14)15-10;1-3-5(2)7-4-6;1-3-5-4-2/h3-5H,1-2H3;4-5H,3H2,1-2H3,(H2,6,7);3-5H2,1-2H3. The average Bonchev–Trinajstić information content (AvgIpc) is 3.05. The number of unbranched alkanes of at least 4 members (excludes halogenated alkanes) is 2. The number of aldehydes is 1. The Morgan fingerprint density at radius 2 is 1.93 bits per heavy atom. The third kappa shape index (κ3) is 9.73. The molecule has 5 nitrogen and oxygen atoms in total. The molecule has 0 radical (unpaired) electrons. The van der Waals surface area contributed by atoms with E-state index in [0.29, 0.717) is 16.1 Å². The molecule has 1 unspecified atom stereocenters. The third-order valence-corrected chi connectivity index (χ3v) is 4.86. The number of nitrogens with zero attached hydrogens (tertiary/aromatic N) is 3. The normalized spacial score (nSPS) is 11.4. The highest BCUT2D eigenvalue weighted by Crippen LogP contribution is 2.32. The zero-order valence-electron chi connectivity index (χ0n) is 17.3. The molecule has 0 fully saturated rings. The number of hydrogen-bond acceptors (Lipinski definition) is 5. The van der Waals surface area contributed by atoms with Gasteiger partial charge in [-0.3, -0.25) is 9.79 Å². The monoisotopic (exact) mass is 412 g/mol. The lowest BCUT2D eigenvalue weighted by Gasteiger charge is -2.13. The maximum Gasteiger partial charge on any atom is 0.160 e. The van der Waals surface area contributed by atoms with Gasteiger partial charge >= 0.3 is 0 Å². The molecule has 0 saturated heterocycles. The zero-order chi connectivity index (χ0) is 20.8. The van der Waals surface area contributed by atoms with Crippen LogP contribution in [0.4, 0.5) is 5.69 Å². The van der Waals surface area contributed by atoms with Crippen LogP contribution >= 0.6 is 22.9 Å². The molecule has 2 heterocycles. The summed E-state index contributed by atoms with van der Waals surface area (Å²) in [6.07, 6.45) is 7.33. The Morgan fingerprint density at radius 3 is 2.30 bits per heavy atom. The van der Waals surface area contributed by atoms with Crippen molar-refractivity contribution in [3.05, 3.63) is 22.2 Å². The van der Waals surface area contributed by atoms with E-state index in [1.165, 1.54) is 36.9 Å². The van der Waals surface area contributed by atoms with Crippen molar-refractivity contribution < 1.29 is 4.79 Å². The summed E-state index contributed by atoms with van der Waals surface area (Å²) in [4.78, 5) is 22.2. The summed E-state index contributed by atoms with van der Waals surface area (Å²) in [5.41, 5.74) is 5.99. The number of carbonyl (C=O) groups excluding carboxylic acids is 1. The first-order valence-corrected chi connectivity index (χ1v) is 10.5. The minimum Gasteiger partial charge on any atom is -0.390 e. The molecule has 2 aromatic heterocycles. The second kappa shape index (κ2) is 14.4. The largest absolute Gasteiger partial charge is 0.390 e. The van der Waals surface area contributed by atoms with Gasteiger partial charge in [0, 0.05) is 31.2 Å². The SMILES string of the molecule is CCC(C)N=CN.CCCCC.CN(C)c1cc(Cl)nc2sc(C=O)cc12. The molecule has 0 aliphatic rings. The fourth-order valence-corrected chi connectivity index (χ4v) is 3.12. The maximum atomic E-state index is 10.7. The Bertz CT molecular complexity index is 699. The topological polar surface area (TPSA) is 71.6 Å². The van der Waals surface area contributed by atoms with Gasteiger partial charge in [-0.25, -0.2) is 4.98 Å². The first-order valence-electron chi connectivity index (χ1n) is 9.30. The lowest BCUT2D eigenvalue weighted by atomic mass is 10.2. The molecule has 0 aliphatic heterocycles. The lowest BCUT2D eigenvalue weighted by Crippen LogP contribution is -2.08. The Labute approximate surface area is 172 Å². The summed E-state index contributed by atoms with van der Waals surface area (Å²) in [6.45, 7) is 8.54. The number of aliphatic imine (C=N–C) groups is 1. The van der Waals surface area contributed by atoms with Crippen LogP contribution in [0.15, 0.2) is 17.1 Å². The van der Waals surface area contributed by atoms with Gasteiger partial charge < -0.3 is 10.6 Å². The Morgan fingerprint density at radius 1 is 1.30 bits per heavy atom. The number of rotatable bonds is 6. The van der Waals surface area contributed by atoms with E-state index >= 15 is 0 Å². The molecule has 0 aromatic carbocycles. The number of hydrogen-bond donors (Lipinski definition) is 1. The predicted octanol–water partition coefficient (Wildman–Crippen LogP) is 5.80. The van der Waals surface area contributed by atoms with Crippen molar-refractivity contribution in [2.24, 2.45) is 10.7 Å². The van der Waals surface area contributed by atoms with Crippen LogP contribution in [-0.2, 0) is 0 Å². The molecule has 2 N–H and O–H groups in total. The van der Waals surface area contributed by atoms with E-state index < -0.39 is 0 Å². The molecule has 0 bridgehead atoms. The summed E-state index contributed by atoms with van der Waals surface area (Å²) in [7, 11) is 3.87. The van der Waals surface area contributed by atoms with Gasteiger partial charge in [-0.2, -0.15) is 0 Å². The van der Waals surface area contributed by atoms with Crippen molar-refractivity contribution in [3.8, 4) is 0 Å². The fourth-order valence-electron chi connectivity index (χ4n) is 2.02. The predicted molar refractivity (Wildman–Crippen MR) is 122 cm³/mol. The van der Waals surface area contributed by atoms with Crippen molar-refractivity contribution >= 4 is 51.5 Å². The second-order valence-electron chi connectivity index (χ2n) is 6.25. The molecule has 2 aromatic rings. The van der Waals surface area contributed by atoms with Crippen molar-refractivity contribution in [2.75, 3.05) is 19.0 Å². The summed E-state index contributed by atoms with van der Waals surface area (Å²) in [5.74, 6) is 0. The first-order chi connectivity index (χ1) is 12.8. The van der Waals surface area contributed by atoms with E-state index in [4.69, 9.17) is 17.3 Å². The van der Waals surface area contributed by atoms with E-state index in [2.05, 4.69) is 30.7 Å². The molecule has 0 saturated carbocycles. The highest BCUT2D eigenvalue weighted by atomic mass is 35.5. The number of fused-ring (bicyclic) bond motifs is 1. The second-order valence-corrected chi connectivity index (χ2v) is 7.70. The van der Waals surface area contributed by atoms with Crippen LogP contribution in [0.3, 0.4) is 0 Å². The number of thiophene rings is 1. The van der Waals surface area contributed by atoms with Gasteiger partial charge in [0.2, 0.25) is 0 Å². The number of carbonyl (C=O) groups is 1. The molecule has 2 rings (SSSR count). The zero-order valence-corrected chi connectivity index (χ0v) is 18.9. The maximum absolute atomic E-state index is 10.7. The summed E-state index contributed by atoms with van der Waals surface area (Å²) in [6, 6.07) is 4.03. The van der Waals surface area contributed by atoms with Crippen LogP contribution in [0.5, 0.6) is 0 Å².